The molecule has 5 nitrogen and oxygen atoms in total. The summed E-state index contributed by atoms with van der Waals surface area (Å²) in [5.74, 6) is -0.733. The molecule has 2 fully saturated rings. The first-order valence-electron chi connectivity index (χ1n) is 8.69. The van der Waals surface area contributed by atoms with E-state index in [9.17, 15) is 17.6 Å². The molecule has 2 aromatic rings. The van der Waals surface area contributed by atoms with Crippen LogP contribution in [0.5, 0.6) is 0 Å². The molecule has 2 aromatic carbocycles. The quantitative estimate of drug-likeness (QED) is 0.845. The highest BCUT2D eigenvalue weighted by molar-refractivity contribution is 7.89. The Morgan fingerprint density at radius 1 is 1.15 bits per heavy atom. The van der Waals surface area contributed by atoms with Gasteiger partial charge < -0.3 is 5.32 Å². The minimum atomic E-state index is -3.74. The molecule has 1 amide bonds. The lowest BCUT2D eigenvalue weighted by Gasteiger charge is -2.31. The number of fused-ring (bicyclic) bond motifs is 2. The molecule has 1 saturated heterocycles. The van der Waals surface area contributed by atoms with Crippen LogP contribution < -0.4 is 5.32 Å². The van der Waals surface area contributed by atoms with Crippen molar-refractivity contribution >= 4 is 27.5 Å². The summed E-state index contributed by atoms with van der Waals surface area (Å²) in [6.07, 6.45) is 1.27. The van der Waals surface area contributed by atoms with Crippen molar-refractivity contribution in [3.05, 3.63) is 64.9 Å². The van der Waals surface area contributed by atoms with Crippen LogP contribution in [-0.2, 0) is 10.0 Å². The maximum atomic E-state index is 13.3. The third-order valence-electron chi connectivity index (χ3n) is 5.34. The third-order valence-corrected chi connectivity index (χ3v) is 7.55. The average molecular weight is 409 g/mol. The normalized spacial score (nSPS) is 24.9. The van der Waals surface area contributed by atoms with E-state index in [2.05, 4.69) is 5.32 Å². The fourth-order valence-corrected chi connectivity index (χ4v) is 5.97. The van der Waals surface area contributed by atoms with Gasteiger partial charge in [-0.2, -0.15) is 4.31 Å². The molecule has 0 unspecified atom stereocenters. The van der Waals surface area contributed by atoms with Crippen LogP contribution in [-0.4, -0.2) is 37.3 Å². The molecule has 1 N–H and O–H groups in total. The first-order valence-corrected chi connectivity index (χ1v) is 10.5. The Kier molecular flexibility index (Phi) is 4.70. The van der Waals surface area contributed by atoms with E-state index in [1.165, 1.54) is 10.4 Å². The van der Waals surface area contributed by atoms with Crippen molar-refractivity contribution in [1.29, 1.82) is 0 Å². The predicted octanol–water partition coefficient (Wildman–Crippen LogP) is 3.06. The third kappa shape index (κ3) is 3.35. The number of rotatable bonds is 4. The van der Waals surface area contributed by atoms with Gasteiger partial charge in [-0.1, -0.05) is 29.8 Å². The molecule has 2 aliphatic rings. The van der Waals surface area contributed by atoms with Crippen LogP contribution in [0.3, 0.4) is 0 Å². The molecule has 0 radical (unpaired) electrons. The molecule has 0 aromatic heterocycles. The van der Waals surface area contributed by atoms with E-state index in [1.54, 1.807) is 24.3 Å². The van der Waals surface area contributed by atoms with Crippen molar-refractivity contribution in [3.63, 3.8) is 0 Å². The van der Waals surface area contributed by atoms with Gasteiger partial charge in [-0.05, 0) is 49.1 Å². The smallest absolute Gasteiger partial charge is 0.251 e. The molecule has 3 atom stereocenters. The molecule has 142 valence electrons. The van der Waals surface area contributed by atoms with Crippen LogP contribution in [0.1, 0.15) is 23.2 Å². The molecule has 8 heteroatoms. The second-order valence-corrected chi connectivity index (χ2v) is 9.28. The van der Waals surface area contributed by atoms with Crippen molar-refractivity contribution in [2.75, 3.05) is 6.54 Å². The molecular formula is C19H18ClFN2O3S. The Balaban J connectivity index is 1.47. The Hall–Kier alpha value is -1.96. The van der Waals surface area contributed by atoms with Crippen molar-refractivity contribution in [2.45, 2.75) is 29.8 Å². The molecule has 4 rings (SSSR count). The Labute approximate surface area is 162 Å². The number of hydrogen-bond acceptors (Lipinski definition) is 3. The van der Waals surface area contributed by atoms with Crippen LogP contribution in [0.4, 0.5) is 4.39 Å². The SMILES string of the molecule is O=C(N[C@H]1C[C@@H]2C[C@H]1CN2S(=O)(=O)c1ccc(F)c(Cl)c1)c1ccccc1. The summed E-state index contributed by atoms with van der Waals surface area (Å²) < 4.78 is 40.6. The number of halogens is 2. The van der Waals surface area contributed by atoms with Crippen molar-refractivity contribution in [3.8, 4) is 0 Å². The van der Waals surface area contributed by atoms with Gasteiger partial charge in [0.05, 0.1) is 9.92 Å². The summed E-state index contributed by atoms with van der Waals surface area (Å²) in [5, 5.41) is 2.81. The fraction of sp³-hybridized carbons (Fsp3) is 0.316. The zero-order valence-corrected chi connectivity index (χ0v) is 15.9. The van der Waals surface area contributed by atoms with Gasteiger partial charge >= 0.3 is 0 Å². The fourth-order valence-electron chi connectivity index (χ4n) is 4.00. The second kappa shape index (κ2) is 6.89. The lowest BCUT2D eigenvalue weighted by Crippen LogP contribution is -2.47. The number of piperidine rings is 1. The van der Waals surface area contributed by atoms with Crippen LogP contribution in [0.25, 0.3) is 0 Å². The van der Waals surface area contributed by atoms with Gasteiger partial charge in [-0.25, -0.2) is 12.8 Å². The Morgan fingerprint density at radius 3 is 2.52 bits per heavy atom. The number of sulfonamides is 1. The molecular weight excluding hydrogens is 391 g/mol. The minimum Gasteiger partial charge on any atom is -0.349 e. The number of nitrogens with one attached hydrogen (secondary N) is 1. The number of amides is 1. The molecule has 1 aliphatic carbocycles. The first-order chi connectivity index (χ1) is 12.9. The van der Waals surface area contributed by atoms with Gasteiger partial charge in [-0.15, -0.1) is 0 Å². The molecule has 2 bridgehead atoms. The number of carbonyl (C=O) groups is 1. The summed E-state index contributed by atoms with van der Waals surface area (Å²) in [5.41, 5.74) is 0.589. The summed E-state index contributed by atoms with van der Waals surface area (Å²) >= 11 is 5.74. The maximum absolute atomic E-state index is 13.3. The second-order valence-electron chi connectivity index (χ2n) is 6.98. The monoisotopic (exact) mass is 408 g/mol. The van der Waals surface area contributed by atoms with Crippen LogP contribution >= 0.6 is 11.6 Å². The Bertz CT molecular complexity index is 984. The van der Waals surface area contributed by atoms with Gasteiger partial charge in [0.25, 0.3) is 5.91 Å². The van der Waals surface area contributed by atoms with Crippen molar-refractivity contribution in [2.24, 2.45) is 5.92 Å². The summed E-state index contributed by atoms with van der Waals surface area (Å²) in [4.78, 5) is 12.3. The molecule has 0 spiro atoms. The Morgan fingerprint density at radius 2 is 1.89 bits per heavy atom. The summed E-state index contributed by atoms with van der Waals surface area (Å²) in [6.45, 7) is 0.335. The topological polar surface area (TPSA) is 66.5 Å². The zero-order valence-electron chi connectivity index (χ0n) is 14.3. The van der Waals surface area contributed by atoms with Gasteiger partial charge in [0, 0.05) is 24.2 Å². The molecule has 1 saturated carbocycles. The summed E-state index contributed by atoms with van der Waals surface area (Å²) in [6, 6.07) is 12.2. The molecule has 1 aliphatic heterocycles. The van der Waals surface area contributed by atoms with E-state index in [0.29, 0.717) is 24.9 Å². The lowest BCUT2D eigenvalue weighted by molar-refractivity contribution is 0.0919. The lowest BCUT2D eigenvalue weighted by atomic mass is 10.0. The van der Waals surface area contributed by atoms with E-state index < -0.39 is 15.8 Å². The van der Waals surface area contributed by atoms with Crippen LogP contribution in [0, 0.1) is 11.7 Å². The van der Waals surface area contributed by atoms with E-state index in [-0.39, 0.29) is 33.8 Å². The maximum Gasteiger partial charge on any atom is 0.251 e. The molecule has 1 heterocycles. The van der Waals surface area contributed by atoms with Gasteiger partial charge in [-0.3, -0.25) is 4.79 Å². The number of hydrogen-bond donors (Lipinski definition) is 1. The zero-order chi connectivity index (χ0) is 19.2. The van der Waals surface area contributed by atoms with E-state index in [1.807, 2.05) is 6.07 Å². The van der Waals surface area contributed by atoms with E-state index >= 15 is 0 Å². The number of nitrogens with zero attached hydrogens (tertiary/aromatic N) is 1. The van der Waals surface area contributed by atoms with Gasteiger partial charge in [0.1, 0.15) is 5.82 Å². The minimum absolute atomic E-state index is 0.00804. The first kappa shape index (κ1) is 18.4. The average Bonchev–Trinajstić information content (AvgIpc) is 3.25. The predicted molar refractivity (Wildman–Crippen MR) is 99.5 cm³/mol. The largest absolute Gasteiger partial charge is 0.349 e. The van der Waals surface area contributed by atoms with Gasteiger partial charge in [0.2, 0.25) is 10.0 Å². The highest BCUT2D eigenvalue weighted by Crippen LogP contribution is 2.41. The molecule has 27 heavy (non-hydrogen) atoms. The van der Waals surface area contributed by atoms with E-state index in [0.717, 1.165) is 12.1 Å². The summed E-state index contributed by atoms with van der Waals surface area (Å²) in [7, 11) is -3.74. The van der Waals surface area contributed by atoms with Gasteiger partial charge in [0.15, 0.2) is 0 Å². The van der Waals surface area contributed by atoms with E-state index in [4.69, 9.17) is 11.6 Å². The highest BCUT2D eigenvalue weighted by atomic mass is 35.5. The highest BCUT2D eigenvalue weighted by Gasteiger charge is 2.49. The van der Waals surface area contributed by atoms with Crippen molar-refractivity contribution < 1.29 is 17.6 Å². The standard InChI is InChI=1S/C19H18ClFN2O3S/c20-16-10-15(6-7-17(16)21)27(25,26)23-11-13-8-14(23)9-18(13)22-19(24)12-4-2-1-3-5-12/h1-7,10,13-14,18H,8-9,11H2,(H,22,24)/t13-,14-,18-/m0/s1. The van der Waals surface area contributed by atoms with Crippen LogP contribution in [0.2, 0.25) is 5.02 Å². The van der Waals surface area contributed by atoms with Crippen LogP contribution in [0.15, 0.2) is 53.4 Å². The number of carbonyl (C=O) groups excluding carboxylic acids is 1. The number of benzene rings is 2. The van der Waals surface area contributed by atoms with Crippen molar-refractivity contribution in [1.82, 2.24) is 9.62 Å².